The molecule has 1 N–H and O–H groups in total. The second-order valence-corrected chi connectivity index (χ2v) is 9.48. The fraction of sp³-hybridized carbons (Fsp3) is 0.556. The van der Waals surface area contributed by atoms with Gasteiger partial charge in [-0.3, -0.25) is 14.5 Å². The van der Waals surface area contributed by atoms with Crippen molar-refractivity contribution in [2.45, 2.75) is 65.0 Å². The van der Waals surface area contributed by atoms with E-state index in [2.05, 4.69) is 4.90 Å². The van der Waals surface area contributed by atoms with Crippen LogP contribution in [0.15, 0.2) is 36.4 Å². The number of piperidine rings is 2. The number of carbonyl (C=O) groups excluding carboxylic acids is 2. The molecule has 178 valence electrons. The highest BCUT2D eigenvalue weighted by molar-refractivity contribution is 6.09. The SMILES string of the molecule is CC.CC1CC2(CCCN(C3CCN(C(=O)c4c(O)ccc5ccccc45)CC3)C2)C(=O)O1. The number of phenols is 1. The number of esters is 1. The maximum atomic E-state index is 13.3. The van der Waals surface area contributed by atoms with Gasteiger partial charge < -0.3 is 14.7 Å². The number of hydrogen-bond acceptors (Lipinski definition) is 5. The molecule has 3 aliphatic rings. The summed E-state index contributed by atoms with van der Waals surface area (Å²) in [5, 5.41) is 12.2. The predicted octanol–water partition coefficient (Wildman–Crippen LogP) is 4.59. The van der Waals surface area contributed by atoms with E-state index in [1.807, 2.05) is 56.0 Å². The lowest BCUT2D eigenvalue weighted by atomic mass is 9.77. The zero-order valence-electron chi connectivity index (χ0n) is 20.0. The van der Waals surface area contributed by atoms with Crippen LogP contribution in [0.4, 0.5) is 0 Å². The van der Waals surface area contributed by atoms with Gasteiger partial charge in [0, 0.05) is 32.1 Å². The molecule has 3 fully saturated rings. The van der Waals surface area contributed by atoms with Crippen molar-refractivity contribution in [2.75, 3.05) is 26.2 Å². The van der Waals surface area contributed by atoms with Gasteiger partial charge in [-0.05, 0) is 56.0 Å². The first-order chi connectivity index (χ1) is 16.0. The van der Waals surface area contributed by atoms with Crippen LogP contribution in [0.3, 0.4) is 0 Å². The van der Waals surface area contributed by atoms with E-state index in [1.54, 1.807) is 6.07 Å². The van der Waals surface area contributed by atoms with E-state index in [1.165, 1.54) is 0 Å². The average molecular weight is 453 g/mol. The zero-order valence-corrected chi connectivity index (χ0v) is 20.0. The highest BCUT2D eigenvalue weighted by Crippen LogP contribution is 2.42. The van der Waals surface area contributed by atoms with Crippen molar-refractivity contribution in [3.05, 3.63) is 42.0 Å². The number of phenolic OH excluding ortho intramolecular Hbond substituents is 1. The Morgan fingerprint density at radius 3 is 2.52 bits per heavy atom. The molecule has 0 bridgehead atoms. The smallest absolute Gasteiger partial charge is 0.313 e. The van der Waals surface area contributed by atoms with Gasteiger partial charge in [0.1, 0.15) is 11.9 Å². The Hall–Kier alpha value is -2.60. The molecule has 3 saturated heterocycles. The van der Waals surface area contributed by atoms with Gasteiger partial charge in [-0.15, -0.1) is 0 Å². The van der Waals surface area contributed by atoms with Gasteiger partial charge >= 0.3 is 5.97 Å². The number of ether oxygens (including phenoxy) is 1. The monoisotopic (exact) mass is 452 g/mol. The molecular weight excluding hydrogens is 416 g/mol. The van der Waals surface area contributed by atoms with E-state index in [0.717, 1.165) is 56.0 Å². The van der Waals surface area contributed by atoms with Gasteiger partial charge in [-0.2, -0.15) is 0 Å². The highest BCUT2D eigenvalue weighted by atomic mass is 16.6. The van der Waals surface area contributed by atoms with Crippen molar-refractivity contribution in [1.82, 2.24) is 9.80 Å². The molecule has 6 nitrogen and oxygen atoms in total. The first-order valence-electron chi connectivity index (χ1n) is 12.4. The minimum absolute atomic E-state index is 0.0142. The van der Waals surface area contributed by atoms with Crippen molar-refractivity contribution in [1.29, 1.82) is 0 Å². The standard InChI is InChI=1S/C25H30N2O4.C2H6/c1-17-15-25(24(30)31-17)11-4-12-27(16-25)19-9-13-26(14-10-19)23(29)22-20-6-3-2-5-18(20)7-8-21(22)28;1-2/h2-3,5-8,17,19,28H,4,9-16H2,1H3;1-2H3. The van der Waals surface area contributed by atoms with Crippen LogP contribution in [0.5, 0.6) is 5.75 Å². The quantitative estimate of drug-likeness (QED) is 0.675. The number of carbonyl (C=O) groups is 2. The lowest BCUT2D eigenvalue weighted by Crippen LogP contribution is -2.53. The molecule has 2 aromatic carbocycles. The van der Waals surface area contributed by atoms with E-state index in [-0.39, 0.29) is 29.1 Å². The molecule has 5 rings (SSSR count). The topological polar surface area (TPSA) is 70.1 Å². The van der Waals surface area contributed by atoms with Crippen molar-refractivity contribution < 1.29 is 19.4 Å². The Morgan fingerprint density at radius 2 is 1.82 bits per heavy atom. The summed E-state index contributed by atoms with van der Waals surface area (Å²) in [6, 6.07) is 11.5. The van der Waals surface area contributed by atoms with Gasteiger partial charge in [-0.25, -0.2) is 0 Å². The predicted molar refractivity (Wildman–Crippen MR) is 129 cm³/mol. The fourth-order valence-electron chi connectivity index (χ4n) is 5.87. The van der Waals surface area contributed by atoms with Crippen molar-refractivity contribution in [2.24, 2.45) is 5.41 Å². The number of aromatic hydroxyl groups is 1. The summed E-state index contributed by atoms with van der Waals surface area (Å²) in [6.45, 7) is 9.09. The molecular formula is C27H36N2O4. The normalized spacial score (nSPS) is 26.2. The number of fused-ring (bicyclic) bond motifs is 1. The molecule has 3 aliphatic heterocycles. The Labute approximate surface area is 196 Å². The number of cyclic esters (lactones) is 1. The van der Waals surface area contributed by atoms with Crippen molar-refractivity contribution in [3.8, 4) is 5.75 Å². The molecule has 1 amide bonds. The van der Waals surface area contributed by atoms with E-state index < -0.39 is 0 Å². The molecule has 33 heavy (non-hydrogen) atoms. The number of likely N-dealkylation sites (tertiary alicyclic amines) is 2. The lowest BCUT2D eigenvalue weighted by Gasteiger charge is -2.44. The first-order valence-corrected chi connectivity index (χ1v) is 12.4. The maximum absolute atomic E-state index is 13.3. The summed E-state index contributed by atoms with van der Waals surface area (Å²) in [5.41, 5.74) is 0.0653. The highest BCUT2D eigenvalue weighted by Gasteiger charge is 2.50. The van der Waals surface area contributed by atoms with Crippen LogP contribution >= 0.6 is 0 Å². The fourth-order valence-corrected chi connectivity index (χ4v) is 5.87. The Morgan fingerprint density at radius 1 is 1.09 bits per heavy atom. The largest absolute Gasteiger partial charge is 0.507 e. The van der Waals surface area contributed by atoms with Crippen LogP contribution in [0.1, 0.15) is 63.2 Å². The average Bonchev–Trinajstić information content (AvgIpc) is 3.11. The lowest BCUT2D eigenvalue weighted by molar-refractivity contribution is -0.151. The van der Waals surface area contributed by atoms with E-state index in [0.29, 0.717) is 24.7 Å². The van der Waals surface area contributed by atoms with Crippen molar-refractivity contribution in [3.63, 3.8) is 0 Å². The summed E-state index contributed by atoms with van der Waals surface area (Å²) >= 11 is 0. The number of hydrogen-bond donors (Lipinski definition) is 1. The molecule has 1 spiro atoms. The molecule has 0 aromatic heterocycles. The summed E-state index contributed by atoms with van der Waals surface area (Å²) in [6.07, 6.45) is 4.55. The van der Waals surface area contributed by atoms with Crippen LogP contribution in [0, 0.1) is 5.41 Å². The van der Waals surface area contributed by atoms with Crippen LogP contribution in [-0.4, -0.2) is 65.1 Å². The van der Waals surface area contributed by atoms with Crippen molar-refractivity contribution >= 4 is 22.6 Å². The number of amides is 1. The second kappa shape index (κ2) is 9.72. The summed E-state index contributed by atoms with van der Waals surface area (Å²) < 4.78 is 5.49. The number of nitrogens with zero attached hydrogens (tertiary/aromatic N) is 2. The maximum Gasteiger partial charge on any atom is 0.313 e. The second-order valence-electron chi connectivity index (χ2n) is 9.48. The number of rotatable bonds is 2. The van der Waals surface area contributed by atoms with Gasteiger partial charge in [0.05, 0.1) is 11.0 Å². The molecule has 2 unspecified atom stereocenters. The van der Waals surface area contributed by atoms with Gasteiger partial charge in [0.2, 0.25) is 0 Å². The summed E-state index contributed by atoms with van der Waals surface area (Å²) in [5.74, 6) is -0.0857. The third-order valence-electron chi connectivity index (χ3n) is 7.41. The molecule has 2 aromatic rings. The Kier molecular flexibility index (Phi) is 6.94. The van der Waals surface area contributed by atoms with E-state index >= 15 is 0 Å². The molecule has 0 saturated carbocycles. The zero-order chi connectivity index (χ0) is 23.6. The third kappa shape index (κ3) is 4.45. The van der Waals surface area contributed by atoms with Gasteiger partial charge in [-0.1, -0.05) is 44.2 Å². The minimum atomic E-state index is -0.334. The summed E-state index contributed by atoms with van der Waals surface area (Å²) in [4.78, 5) is 30.1. The van der Waals surface area contributed by atoms with Crippen LogP contribution in [-0.2, 0) is 9.53 Å². The minimum Gasteiger partial charge on any atom is -0.507 e. The molecule has 3 heterocycles. The van der Waals surface area contributed by atoms with E-state index in [9.17, 15) is 14.7 Å². The van der Waals surface area contributed by atoms with E-state index in [4.69, 9.17) is 4.74 Å². The number of benzene rings is 2. The molecule has 0 radical (unpaired) electrons. The Bertz CT molecular complexity index is 1010. The molecule has 2 atom stereocenters. The molecule has 6 heteroatoms. The van der Waals surface area contributed by atoms with Crippen LogP contribution < -0.4 is 0 Å². The first kappa shape index (κ1) is 23.6. The Balaban J connectivity index is 0.00000126. The van der Waals surface area contributed by atoms with Gasteiger partial charge in [0.25, 0.3) is 5.91 Å². The van der Waals surface area contributed by atoms with Crippen LogP contribution in [0.2, 0.25) is 0 Å². The van der Waals surface area contributed by atoms with Crippen LogP contribution in [0.25, 0.3) is 10.8 Å². The van der Waals surface area contributed by atoms with Gasteiger partial charge in [0.15, 0.2) is 0 Å². The third-order valence-corrected chi connectivity index (χ3v) is 7.41. The summed E-state index contributed by atoms with van der Waals surface area (Å²) in [7, 11) is 0. The molecule has 0 aliphatic carbocycles.